The number of anilines is 2. The Morgan fingerprint density at radius 2 is 1.60 bits per heavy atom. The summed E-state index contributed by atoms with van der Waals surface area (Å²) in [6, 6.07) is 15.2. The number of hydrogen-bond donors (Lipinski definition) is 0. The van der Waals surface area contributed by atoms with Crippen LogP contribution in [0.3, 0.4) is 0 Å². The number of rotatable bonds is 8. The van der Waals surface area contributed by atoms with Gasteiger partial charge in [-0.15, -0.1) is 0 Å². The van der Waals surface area contributed by atoms with Crippen LogP contribution in [-0.4, -0.2) is 36.9 Å². The molecule has 1 amide bonds. The molecule has 12 heteroatoms. The number of benzene rings is 3. The summed E-state index contributed by atoms with van der Waals surface area (Å²) in [6.45, 7) is 10.3. The van der Waals surface area contributed by atoms with Crippen LogP contribution in [-0.2, 0) is 6.18 Å². The van der Waals surface area contributed by atoms with E-state index in [1.807, 2.05) is 44.5 Å². The van der Waals surface area contributed by atoms with E-state index in [0.29, 0.717) is 34.9 Å². The van der Waals surface area contributed by atoms with Gasteiger partial charge >= 0.3 is 12.3 Å². The van der Waals surface area contributed by atoms with E-state index in [1.165, 1.54) is 16.8 Å². The number of amides is 1. The van der Waals surface area contributed by atoms with Gasteiger partial charge in [0.05, 0.1) is 32.3 Å². The molecule has 0 aromatic heterocycles. The van der Waals surface area contributed by atoms with Crippen molar-refractivity contribution in [3.8, 4) is 5.75 Å². The van der Waals surface area contributed by atoms with Gasteiger partial charge < -0.3 is 9.64 Å². The van der Waals surface area contributed by atoms with Crippen LogP contribution < -0.4 is 19.6 Å². The molecule has 40 heavy (non-hydrogen) atoms. The minimum Gasteiger partial charge on any atom is -0.409 e. The molecular weight excluding hydrogens is 583 g/mol. The molecule has 214 valence electrons. The lowest BCUT2D eigenvalue weighted by molar-refractivity contribution is -0.137. The molecule has 1 atom stereocenters. The first kappa shape index (κ1) is 30.3. The number of carbonyl (C=O) groups excluding carboxylic acids is 1. The third kappa shape index (κ3) is 5.57. The molecule has 0 spiro atoms. The summed E-state index contributed by atoms with van der Waals surface area (Å²) >= 11 is 12.6. The maximum absolute atomic E-state index is 13.9. The first-order valence-corrected chi connectivity index (χ1v) is 15.3. The van der Waals surface area contributed by atoms with Crippen LogP contribution in [0.4, 0.5) is 35.0 Å². The highest BCUT2D eigenvalue weighted by Crippen LogP contribution is 2.63. The molecule has 3 aromatic rings. The fourth-order valence-corrected chi connectivity index (χ4v) is 8.84. The molecule has 0 bridgehead atoms. The van der Waals surface area contributed by atoms with Crippen molar-refractivity contribution in [2.75, 3.05) is 35.7 Å². The highest BCUT2D eigenvalue weighted by atomic mass is 35.5. The topological polar surface area (TPSA) is 48.4 Å². The molecule has 0 saturated carbocycles. The largest absolute Gasteiger partial charge is 0.425 e. The molecule has 0 aliphatic carbocycles. The van der Waals surface area contributed by atoms with Crippen molar-refractivity contribution in [1.29, 1.82) is 0 Å². The van der Waals surface area contributed by atoms with E-state index in [2.05, 4.69) is 4.90 Å². The maximum Gasteiger partial charge on any atom is 0.425 e. The Labute approximate surface area is 242 Å². The van der Waals surface area contributed by atoms with Gasteiger partial charge in [0.25, 0.3) is 0 Å². The van der Waals surface area contributed by atoms with E-state index >= 15 is 0 Å². The zero-order valence-electron chi connectivity index (χ0n) is 22.5. The lowest BCUT2D eigenvalue weighted by Gasteiger charge is -2.45. The van der Waals surface area contributed by atoms with Gasteiger partial charge in [-0.1, -0.05) is 43.1 Å². The molecule has 0 fully saturated rings. The molecule has 1 aliphatic rings. The fraction of sp³-hybridized carbons (Fsp3) is 0.321. The van der Waals surface area contributed by atoms with Gasteiger partial charge in [0.15, 0.2) is 7.36 Å². The number of fused-ring (bicyclic) bond motifs is 1. The van der Waals surface area contributed by atoms with Crippen LogP contribution in [0, 0.1) is 0 Å². The second-order valence-electron chi connectivity index (χ2n) is 8.96. The van der Waals surface area contributed by atoms with Gasteiger partial charge in [-0.3, -0.25) is 0 Å². The summed E-state index contributed by atoms with van der Waals surface area (Å²) in [4.78, 5) is 16.0. The lowest BCUT2D eigenvalue weighted by Crippen LogP contribution is -2.46. The summed E-state index contributed by atoms with van der Waals surface area (Å²) in [6.07, 6.45) is -5.27. The van der Waals surface area contributed by atoms with Gasteiger partial charge in [-0.05, 0) is 62.4 Å². The predicted molar refractivity (Wildman–Crippen MR) is 158 cm³/mol. The Bertz CT molecular complexity index is 1460. The molecule has 0 N–H and O–H groups in total. The van der Waals surface area contributed by atoms with E-state index in [4.69, 9.17) is 32.7 Å². The minimum absolute atomic E-state index is 0.0913. The molecule has 1 heterocycles. The Hall–Kier alpha value is -2.71. The highest BCUT2D eigenvalue weighted by molar-refractivity contribution is 7.74. The second kappa shape index (κ2) is 12.0. The lowest BCUT2D eigenvalue weighted by atomic mass is 10.2. The van der Waals surface area contributed by atoms with Gasteiger partial charge in [0.2, 0.25) is 0 Å². The number of halogens is 5. The van der Waals surface area contributed by atoms with Gasteiger partial charge in [0.1, 0.15) is 5.75 Å². The Morgan fingerprint density at radius 3 is 2.20 bits per heavy atom. The number of ether oxygens (including phenoxy) is 1. The molecule has 0 unspecified atom stereocenters. The van der Waals surface area contributed by atoms with Crippen LogP contribution in [0.1, 0.15) is 33.3 Å². The number of nitrogens with zero attached hydrogens (tertiary/aromatic N) is 4. The minimum atomic E-state index is -4.56. The third-order valence-corrected chi connectivity index (χ3v) is 11.3. The van der Waals surface area contributed by atoms with E-state index in [-0.39, 0.29) is 10.7 Å². The third-order valence-electron chi connectivity index (χ3n) is 6.74. The monoisotopic (exact) mass is 612 g/mol. The van der Waals surface area contributed by atoms with Crippen LogP contribution in [0.25, 0.3) is 0 Å². The number of alkyl halides is 3. The normalized spacial score (nSPS) is 17.1. The molecule has 4 rings (SSSR count). The zero-order chi connectivity index (χ0) is 29.2. The Morgan fingerprint density at radius 1 is 0.900 bits per heavy atom. The van der Waals surface area contributed by atoms with Crippen molar-refractivity contribution < 1.29 is 22.7 Å². The fourth-order valence-electron chi connectivity index (χ4n) is 4.82. The van der Waals surface area contributed by atoms with Crippen molar-refractivity contribution in [2.24, 2.45) is 4.74 Å². The van der Waals surface area contributed by atoms with Crippen molar-refractivity contribution >= 4 is 59.0 Å². The van der Waals surface area contributed by atoms with E-state index in [0.717, 1.165) is 30.9 Å². The molecule has 0 saturated heterocycles. The predicted octanol–water partition coefficient (Wildman–Crippen LogP) is 9.21. The second-order valence-corrected chi connectivity index (χ2v) is 12.6. The summed E-state index contributed by atoms with van der Waals surface area (Å²) in [5.74, 6) is 0.321. The van der Waals surface area contributed by atoms with E-state index < -0.39 is 25.2 Å². The summed E-state index contributed by atoms with van der Waals surface area (Å²) in [5, 5.41) is 1.11. The van der Waals surface area contributed by atoms with Gasteiger partial charge in [-0.25, -0.2) is 18.9 Å². The summed E-state index contributed by atoms with van der Waals surface area (Å²) in [5.41, 5.74) is 0.489. The quantitative estimate of drug-likeness (QED) is 0.238. The summed E-state index contributed by atoms with van der Waals surface area (Å²) in [7, 11) is -3.35. The average Bonchev–Trinajstić information content (AvgIpc) is 2.91. The molecule has 6 nitrogen and oxygen atoms in total. The summed E-state index contributed by atoms with van der Waals surface area (Å²) < 4.78 is 55.5. The van der Waals surface area contributed by atoms with E-state index in [9.17, 15) is 18.0 Å². The van der Waals surface area contributed by atoms with Crippen LogP contribution in [0.15, 0.2) is 65.4 Å². The Balaban J connectivity index is 2.13. The maximum atomic E-state index is 13.9. The van der Waals surface area contributed by atoms with Gasteiger partial charge in [0, 0.05) is 37.9 Å². The number of hydrogen-bond acceptors (Lipinski definition) is 4. The number of carbonyl (C=O) groups is 1. The smallest absolute Gasteiger partial charge is 0.409 e. The average molecular weight is 613 g/mol. The molecule has 3 aromatic carbocycles. The van der Waals surface area contributed by atoms with Crippen molar-refractivity contribution in [3.05, 3.63) is 76.3 Å². The van der Waals surface area contributed by atoms with Crippen LogP contribution in [0.2, 0.25) is 10.0 Å². The van der Waals surface area contributed by atoms with Crippen molar-refractivity contribution in [2.45, 2.75) is 33.9 Å². The van der Waals surface area contributed by atoms with Crippen LogP contribution in [0.5, 0.6) is 5.75 Å². The Kier molecular flexibility index (Phi) is 9.10. The van der Waals surface area contributed by atoms with Crippen molar-refractivity contribution in [3.63, 3.8) is 0 Å². The highest BCUT2D eigenvalue weighted by Gasteiger charge is 2.47. The van der Waals surface area contributed by atoms with Gasteiger partial charge in [-0.2, -0.15) is 13.2 Å². The zero-order valence-corrected chi connectivity index (χ0v) is 25.0. The molecule has 0 radical (unpaired) electrons. The van der Waals surface area contributed by atoms with Crippen molar-refractivity contribution in [1.82, 2.24) is 4.67 Å². The molecule has 1 aliphatic heterocycles. The molecular formula is C28H30Cl2F3N4O2P. The first-order chi connectivity index (χ1) is 19.0. The SMILES string of the molecule is CCN(CC)c1ccc2c(c1)OC(=O)N(c1ccc(Cl)c(Cl)c1)[P@]2(=Nc1cccc(C(F)(F)F)c1)N(CC)CC. The standard InChI is InChI=1S/C28H30Cl2F3N4O2P/c1-5-35(6-2)21-13-15-26-25(18-21)39-27(38)37(22-12-14-23(29)24(30)17-22)40(26,36(7-3)8-4)34-20-11-9-10-19(16-20)28(31,32)33/h9-18H,5-8H2,1-4H3/t40-/m1/s1. The first-order valence-electron chi connectivity index (χ1n) is 12.9. The van der Waals surface area contributed by atoms with E-state index in [1.54, 1.807) is 24.3 Å². The van der Waals surface area contributed by atoms with Crippen LogP contribution >= 0.6 is 30.6 Å².